The molecule has 21 heavy (non-hydrogen) atoms. The summed E-state index contributed by atoms with van der Waals surface area (Å²) in [5.74, 6) is 0. The minimum atomic E-state index is 0.486. The highest BCUT2D eigenvalue weighted by molar-refractivity contribution is 7.10. The van der Waals surface area contributed by atoms with Crippen LogP contribution in [0.1, 0.15) is 24.6 Å². The third kappa shape index (κ3) is 3.05. The number of nitrogens with zero attached hydrogens (tertiary/aromatic N) is 4. The number of halogens is 1. The van der Waals surface area contributed by atoms with Crippen molar-refractivity contribution >= 4 is 28.8 Å². The smallest absolute Gasteiger partial charge is 0.138 e. The molecule has 1 aromatic heterocycles. The Morgan fingerprint density at radius 1 is 1.38 bits per heavy atom. The van der Waals surface area contributed by atoms with E-state index in [-0.39, 0.29) is 0 Å². The Balaban J connectivity index is 1.89. The monoisotopic (exact) mass is 322 g/mol. The summed E-state index contributed by atoms with van der Waals surface area (Å²) >= 11 is 7.44. The second kappa shape index (κ2) is 6.30. The van der Waals surface area contributed by atoms with Gasteiger partial charge in [0.05, 0.1) is 0 Å². The molecule has 2 heterocycles. The van der Waals surface area contributed by atoms with E-state index in [2.05, 4.69) is 57.6 Å². The second-order valence-electron chi connectivity index (χ2n) is 5.47. The highest BCUT2D eigenvalue weighted by Crippen LogP contribution is 2.29. The van der Waals surface area contributed by atoms with E-state index in [1.165, 1.54) is 22.8 Å². The van der Waals surface area contributed by atoms with Crippen LogP contribution in [-0.4, -0.2) is 34.1 Å². The highest BCUT2D eigenvalue weighted by atomic mass is 35.5. The van der Waals surface area contributed by atoms with Gasteiger partial charge in [-0.1, -0.05) is 41.2 Å². The Labute approximate surface area is 134 Å². The summed E-state index contributed by atoms with van der Waals surface area (Å²) in [6.07, 6.45) is 1.10. The van der Waals surface area contributed by atoms with Crippen LogP contribution in [0.5, 0.6) is 0 Å². The van der Waals surface area contributed by atoms with Gasteiger partial charge in [0, 0.05) is 49.9 Å². The van der Waals surface area contributed by atoms with Crippen molar-refractivity contribution in [1.82, 2.24) is 14.5 Å². The third-order valence-corrected chi connectivity index (χ3v) is 5.10. The largest absolute Gasteiger partial charge is 0.373 e. The molecule has 3 rings (SSSR count). The average molecular weight is 323 g/mol. The molecule has 1 unspecified atom stereocenters. The number of aromatic nitrogens is 2. The fourth-order valence-electron chi connectivity index (χ4n) is 2.95. The van der Waals surface area contributed by atoms with Crippen molar-refractivity contribution in [2.45, 2.75) is 32.5 Å². The SMILES string of the molecule is CCC1CN(C)c2ccccc2CN1Cc1nnsc1Cl. The minimum Gasteiger partial charge on any atom is -0.373 e. The molecule has 4 nitrogen and oxygen atoms in total. The first kappa shape index (κ1) is 14.8. The molecule has 0 fully saturated rings. The number of para-hydroxylation sites is 1. The van der Waals surface area contributed by atoms with Crippen LogP contribution in [-0.2, 0) is 13.1 Å². The molecule has 6 heteroatoms. The van der Waals surface area contributed by atoms with Crippen molar-refractivity contribution in [3.8, 4) is 0 Å². The molecule has 1 atom stereocenters. The summed E-state index contributed by atoms with van der Waals surface area (Å²) in [7, 11) is 2.17. The summed E-state index contributed by atoms with van der Waals surface area (Å²) in [5.41, 5.74) is 3.57. The van der Waals surface area contributed by atoms with Gasteiger partial charge in [-0.25, -0.2) is 0 Å². The van der Waals surface area contributed by atoms with Crippen LogP contribution < -0.4 is 4.90 Å². The normalized spacial score (nSPS) is 19.4. The number of hydrogen-bond acceptors (Lipinski definition) is 5. The molecule has 0 amide bonds. The summed E-state index contributed by atoms with van der Waals surface area (Å²) in [6, 6.07) is 9.10. The fraction of sp³-hybridized carbons (Fsp3) is 0.467. The van der Waals surface area contributed by atoms with Crippen LogP contribution in [0, 0.1) is 0 Å². The van der Waals surface area contributed by atoms with Crippen molar-refractivity contribution in [2.75, 3.05) is 18.5 Å². The number of anilines is 1. The Bertz CT molecular complexity index is 615. The van der Waals surface area contributed by atoms with Crippen LogP contribution in [0.2, 0.25) is 4.34 Å². The standard InChI is InChI=1S/C15H19ClN4S/c1-3-12-9-19(2)14-7-5-4-6-11(14)8-20(12)10-13-15(16)21-18-17-13/h4-7,12H,3,8-10H2,1-2H3. The minimum absolute atomic E-state index is 0.486. The Hall–Kier alpha value is -1.17. The van der Waals surface area contributed by atoms with Crippen molar-refractivity contribution in [3.63, 3.8) is 0 Å². The number of fused-ring (bicyclic) bond motifs is 1. The second-order valence-corrected chi connectivity index (χ2v) is 6.83. The molecule has 0 saturated carbocycles. The maximum Gasteiger partial charge on any atom is 0.138 e. The average Bonchev–Trinajstić information content (AvgIpc) is 2.83. The van der Waals surface area contributed by atoms with Crippen molar-refractivity contribution in [3.05, 3.63) is 39.9 Å². The van der Waals surface area contributed by atoms with Crippen LogP contribution in [0.25, 0.3) is 0 Å². The molecule has 0 bridgehead atoms. The van der Waals surface area contributed by atoms with Gasteiger partial charge in [0.1, 0.15) is 10.0 Å². The van der Waals surface area contributed by atoms with Gasteiger partial charge < -0.3 is 4.90 Å². The Kier molecular flexibility index (Phi) is 4.42. The van der Waals surface area contributed by atoms with E-state index in [0.717, 1.165) is 31.7 Å². The van der Waals surface area contributed by atoms with Gasteiger partial charge in [0.15, 0.2) is 0 Å². The maximum absolute atomic E-state index is 6.18. The molecule has 2 aromatic rings. The van der Waals surface area contributed by atoms with Crippen LogP contribution in [0.15, 0.2) is 24.3 Å². The highest BCUT2D eigenvalue weighted by Gasteiger charge is 2.26. The number of hydrogen-bond donors (Lipinski definition) is 0. The van der Waals surface area contributed by atoms with Crippen LogP contribution in [0.4, 0.5) is 5.69 Å². The topological polar surface area (TPSA) is 32.3 Å². The maximum atomic E-state index is 6.18. The number of likely N-dealkylation sites (N-methyl/N-ethyl adjacent to an activating group) is 1. The van der Waals surface area contributed by atoms with Gasteiger partial charge in [-0.2, -0.15) is 0 Å². The molecule has 1 aromatic carbocycles. The lowest BCUT2D eigenvalue weighted by molar-refractivity contribution is 0.179. The molecule has 0 radical (unpaired) electrons. The molecule has 112 valence electrons. The zero-order valence-corrected chi connectivity index (χ0v) is 13.9. The van der Waals surface area contributed by atoms with E-state index in [1.807, 2.05) is 0 Å². The van der Waals surface area contributed by atoms with Gasteiger partial charge in [-0.05, 0) is 18.1 Å². The van der Waals surface area contributed by atoms with Crippen molar-refractivity contribution in [2.24, 2.45) is 0 Å². The van der Waals surface area contributed by atoms with Gasteiger partial charge >= 0.3 is 0 Å². The van der Waals surface area contributed by atoms with E-state index in [9.17, 15) is 0 Å². The van der Waals surface area contributed by atoms with Crippen LogP contribution in [0.3, 0.4) is 0 Å². The molecule has 0 aliphatic carbocycles. The lowest BCUT2D eigenvalue weighted by Gasteiger charge is -2.30. The predicted molar refractivity (Wildman–Crippen MR) is 88.0 cm³/mol. The Morgan fingerprint density at radius 2 is 2.19 bits per heavy atom. The summed E-state index contributed by atoms with van der Waals surface area (Å²) in [6.45, 7) is 4.94. The molecule has 0 spiro atoms. The van der Waals surface area contributed by atoms with E-state index in [0.29, 0.717) is 10.4 Å². The Morgan fingerprint density at radius 3 is 2.90 bits per heavy atom. The van der Waals surface area contributed by atoms with E-state index < -0.39 is 0 Å². The van der Waals surface area contributed by atoms with Crippen molar-refractivity contribution in [1.29, 1.82) is 0 Å². The molecular formula is C15H19ClN4S. The summed E-state index contributed by atoms with van der Waals surface area (Å²) < 4.78 is 4.65. The molecule has 0 saturated heterocycles. The third-order valence-electron chi connectivity index (χ3n) is 4.11. The van der Waals surface area contributed by atoms with Gasteiger partial charge in [-0.3, -0.25) is 4.90 Å². The summed E-state index contributed by atoms with van der Waals surface area (Å²) in [5, 5.41) is 4.17. The molecule has 1 aliphatic rings. The van der Waals surface area contributed by atoms with E-state index in [4.69, 9.17) is 11.6 Å². The van der Waals surface area contributed by atoms with Crippen molar-refractivity contribution < 1.29 is 0 Å². The lowest BCUT2D eigenvalue weighted by Crippen LogP contribution is -2.39. The van der Waals surface area contributed by atoms with E-state index >= 15 is 0 Å². The molecule has 0 N–H and O–H groups in total. The van der Waals surface area contributed by atoms with E-state index in [1.54, 1.807) is 0 Å². The van der Waals surface area contributed by atoms with Gasteiger partial charge in [-0.15, -0.1) is 5.10 Å². The summed E-state index contributed by atoms with van der Waals surface area (Å²) in [4.78, 5) is 4.81. The van der Waals surface area contributed by atoms with Crippen LogP contribution >= 0.6 is 23.1 Å². The first-order valence-corrected chi connectivity index (χ1v) is 8.34. The first-order chi connectivity index (χ1) is 10.2. The molecule has 1 aliphatic heterocycles. The number of rotatable bonds is 3. The lowest BCUT2D eigenvalue weighted by atomic mass is 10.1. The zero-order chi connectivity index (χ0) is 14.8. The predicted octanol–water partition coefficient (Wildman–Crippen LogP) is 3.42. The van der Waals surface area contributed by atoms with Gasteiger partial charge in [0.25, 0.3) is 0 Å². The fourth-order valence-corrected chi connectivity index (χ4v) is 3.56. The number of benzene rings is 1. The quantitative estimate of drug-likeness (QED) is 0.866. The van der Waals surface area contributed by atoms with Gasteiger partial charge in [0.2, 0.25) is 0 Å². The zero-order valence-electron chi connectivity index (χ0n) is 12.3. The first-order valence-electron chi connectivity index (χ1n) is 7.19. The molecular weight excluding hydrogens is 304 g/mol.